The van der Waals surface area contributed by atoms with Crippen molar-refractivity contribution in [2.75, 3.05) is 19.4 Å². The molecule has 1 unspecified atom stereocenters. The third-order valence-electron chi connectivity index (χ3n) is 6.64. The molecule has 36 heavy (non-hydrogen) atoms. The molecule has 1 atom stereocenters. The van der Waals surface area contributed by atoms with E-state index in [9.17, 15) is 0 Å². The lowest BCUT2D eigenvalue weighted by Crippen LogP contribution is -2.32. The van der Waals surface area contributed by atoms with E-state index in [-0.39, 0.29) is 5.66 Å². The Kier molecular flexibility index (Phi) is 9.16. The first-order valence-electron chi connectivity index (χ1n) is 12.6. The Morgan fingerprint density at radius 1 is 0.611 bits per heavy atom. The molecule has 0 amide bonds. The average Bonchev–Trinajstić information content (AvgIpc) is 2.96. The molecule has 0 spiro atoms. The molecule has 4 aromatic rings. The van der Waals surface area contributed by atoms with E-state index in [0.29, 0.717) is 25.8 Å². The van der Waals surface area contributed by atoms with Crippen molar-refractivity contribution in [3.8, 4) is 0 Å². The minimum atomic E-state index is -3.15. The van der Waals surface area contributed by atoms with Crippen molar-refractivity contribution in [2.24, 2.45) is 0 Å². The van der Waals surface area contributed by atoms with Gasteiger partial charge in [-0.3, -0.25) is 0 Å². The smallest absolute Gasteiger partial charge is 0.146 e. The zero-order valence-corrected chi connectivity index (χ0v) is 22.6. The van der Waals surface area contributed by atoms with Crippen molar-refractivity contribution in [3.63, 3.8) is 0 Å². The predicted octanol–water partition coefficient (Wildman–Crippen LogP) is 6.20. The van der Waals surface area contributed by atoms with Gasteiger partial charge in [0.1, 0.15) is 14.3 Å². The maximum atomic E-state index is 15.4. The van der Waals surface area contributed by atoms with Crippen molar-refractivity contribution in [2.45, 2.75) is 25.4 Å². The van der Waals surface area contributed by atoms with Crippen LogP contribution in [0.25, 0.3) is 0 Å². The van der Waals surface area contributed by atoms with Crippen LogP contribution < -0.4 is 21.2 Å². The molecule has 0 fully saturated rings. The van der Waals surface area contributed by atoms with Crippen LogP contribution in [0.1, 0.15) is 19.8 Å². The monoisotopic (exact) mass is 516 g/mol. The van der Waals surface area contributed by atoms with E-state index < -0.39 is 14.3 Å². The third-order valence-corrected chi connectivity index (χ3v) is 13.7. The highest BCUT2D eigenvalue weighted by molar-refractivity contribution is 7.82. The second-order valence-corrected chi connectivity index (χ2v) is 14.9. The predicted molar refractivity (Wildman–Crippen MR) is 154 cm³/mol. The highest BCUT2D eigenvalue weighted by Gasteiger charge is 2.41. The summed E-state index contributed by atoms with van der Waals surface area (Å²) in [6.45, 7) is 3.22. The topological polar surface area (TPSA) is 43.4 Å². The Labute approximate surface area is 215 Å². The lowest BCUT2D eigenvalue weighted by molar-refractivity contribution is 0.143. The Bertz CT molecular complexity index is 1210. The molecule has 0 radical (unpaired) electrons. The van der Waals surface area contributed by atoms with E-state index in [2.05, 4.69) is 0 Å². The zero-order chi connectivity index (χ0) is 25.3. The van der Waals surface area contributed by atoms with Gasteiger partial charge < -0.3 is 13.9 Å². The van der Waals surface area contributed by atoms with Crippen LogP contribution in [0.5, 0.6) is 0 Å². The molecule has 0 saturated carbocycles. The molecule has 3 nitrogen and oxygen atoms in total. The number of benzene rings is 4. The standard InChI is InChI=1S/C31H34O3P2/c1-2-34-25-15-24-31(36(33,29-20-11-5-12-21-29)30-22-13-6-14-23-30)26-35(32,27-16-7-3-8-17-27)28-18-9-4-10-19-28/h3-14,16-23,31H,2,15,24-26H2,1H3. The summed E-state index contributed by atoms with van der Waals surface area (Å²) in [5, 5.41) is 3.23. The minimum Gasteiger partial charge on any atom is -0.382 e. The summed E-state index contributed by atoms with van der Waals surface area (Å²) in [6.07, 6.45) is 1.74. The van der Waals surface area contributed by atoms with Crippen LogP contribution in [0.4, 0.5) is 0 Å². The Hall–Kier alpha value is -2.70. The Morgan fingerprint density at radius 3 is 1.39 bits per heavy atom. The van der Waals surface area contributed by atoms with Gasteiger partial charge in [-0.05, 0) is 19.8 Å². The summed E-state index contributed by atoms with van der Waals surface area (Å²) in [4.78, 5) is 0. The normalized spacial score (nSPS) is 12.8. The SMILES string of the molecule is CCOCCCC(CP(=O)(c1ccccc1)c1ccccc1)P(=O)(c1ccccc1)c1ccccc1. The molecule has 0 saturated heterocycles. The van der Waals surface area contributed by atoms with E-state index in [0.717, 1.165) is 27.6 Å². The Balaban J connectivity index is 1.87. The van der Waals surface area contributed by atoms with Crippen molar-refractivity contribution in [1.82, 2.24) is 0 Å². The second-order valence-electron chi connectivity index (χ2n) is 8.92. The largest absolute Gasteiger partial charge is 0.382 e. The summed E-state index contributed by atoms with van der Waals surface area (Å²) >= 11 is 0. The molecule has 0 bridgehead atoms. The quantitative estimate of drug-likeness (QED) is 0.166. The van der Waals surface area contributed by atoms with Gasteiger partial charge in [-0.2, -0.15) is 0 Å². The number of hydrogen-bond acceptors (Lipinski definition) is 3. The summed E-state index contributed by atoms with van der Waals surface area (Å²) in [7, 11) is -6.23. The minimum absolute atomic E-state index is 0.311. The molecule has 186 valence electrons. The second kappa shape index (κ2) is 12.5. The van der Waals surface area contributed by atoms with Gasteiger partial charge in [0.05, 0.1) is 0 Å². The van der Waals surface area contributed by atoms with Crippen molar-refractivity contribution < 1.29 is 13.9 Å². The molecule has 5 heteroatoms. The molecule has 0 heterocycles. The first kappa shape index (κ1) is 26.4. The number of ether oxygens (including phenoxy) is 1. The fourth-order valence-electron chi connectivity index (χ4n) is 4.82. The van der Waals surface area contributed by atoms with Crippen LogP contribution in [-0.2, 0) is 13.9 Å². The lowest BCUT2D eigenvalue weighted by Gasteiger charge is -2.32. The molecule has 0 aliphatic carbocycles. The van der Waals surface area contributed by atoms with Gasteiger partial charge in [0.15, 0.2) is 0 Å². The lowest BCUT2D eigenvalue weighted by atomic mass is 10.2. The van der Waals surface area contributed by atoms with E-state index in [1.807, 2.05) is 128 Å². The fraction of sp³-hybridized carbons (Fsp3) is 0.226. The molecule has 4 rings (SSSR count). The van der Waals surface area contributed by atoms with E-state index >= 15 is 9.13 Å². The highest BCUT2D eigenvalue weighted by atomic mass is 31.2. The van der Waals surface area contributed by atoms with Gasteiger partial charge in [-0.1, -0.05) is 121 Å². The average molecular weight is 517 g/mol. The van der Waals surface area contributed by atoms with E-state index in [1.165, 1.54) is 0 Å². The summed E-state index contributed by atoms with van der Waals surface area (Å²) < 4.78 is 36.1. The van der Waals surface area contributed by atoms with Crippen LogP contribution in [0.3, 0.4) is 0 Å². The van der Waals surface area contributed by atoms with Crippen LogP contribution in [0.15, 0.2) is 121 Å². The van der Waals surface area contributed by atoms with Gasteiger partial charge in [0, 0.05) is 46.3 Å². The van der Waals surface area contributed by atoms with Crippen LogP contribution in [0, 0.1) is 0 Å². The van der Waals surface area contributed by atoms with Gasteiger partial charge in [-0.15, -0.1) is 0 Å². The molecule has 4 aromatic carbocycles. The molecule has 0 aliphatic heterocycles. The first-order chi connectivity index (χ1) is 17.6. The number of rotatable bonds is 12. The maximum Gasteiger partial charge on any atom is 0.146 e. The Morgan fingerprint density at radius 2 is 1.00 bits per heavy atom. The van der Waals surface area contributed by atoms with Gasteiger partial charge >= 0.3 is 0 Å². The fourth-order valence-corrected chi connectivity index (χ4v) is 12.1. The third kappa shape index (κ3) is 5.81. The van der Waals surface area contributed by atoms with Gasteiger partial charge in [0.25, 0.3) is 0 Å². The highest BCUT2D eigenvalue weighted by Crippen LogP contribution is 2.57. The zero-order valence-electron chi connectivity index (χ0n) is 20.8. The van der Waals surface area contributed by atoms with Crippen molar-refractivity contribution in [3.05, 3.63) is 121 Å². The van der Waals surface area contributed by atoms with Gasteiger partial charge in [-0.25, -0.2) is 0 Å². The molecular formula is C31H34O3P2. The molecule has 0 N–H and O–H groups in total. The van der Waals surface area contributed by atoms with Crippen LogP contribution in [0.2, 0.25) is 0 Å². The summed E-state index contributed by atoms with van der Waals surface area (Å²) in [6, 6.07) is 38.9. The van der Waals surface area contributed by atoms with E-state index in [4.69, 9.17) is 4.74 Å². The molecule has 0 aromatic heterocycles. The molecular weight excluding hydrogens is 482 g/mol. The van der Waals surface area contributed by atoms with Crippen LogP contribution in [-0.4, -0.2) is 25.0 Å². The van der Waals surface area contributed by atoms with Crippen molar-refractivity contribution in [1.29, 1.82) is 0 Å². The van der Waals surface area contributed by atoms with E-state index in [1.54, 1.807) is 0 Å². The first-order valence-corrected chi connectivity index (χ1v) is 16.2. The summed E-state index contributed by atoms with van der Waals surface area (Å²) in [5.41, 5.74) is -0.311. The van der Waals surface area contributed by atoms with Crippen molar-refractivity contribution >= 4 is 35.5 Å². The number of hydrogen-bond donors (Lipinski definition) is 0. The van der Waals surface area contributed by atoms with Gasteiger partial charge in [0.2, 0.25) is 0 Å². The van der Waals surface area contributed by atoms with Crippen LogP contribution >= 0.6 is 14.3 Å². The summed E-state index contributed by atoms with van der Waals surface area (Å²) in [5.74, 6) is 0. The maximum absolute atomic E-state index is 15.4. The molecule has 0 aliphatic rings.